The molecule has 2 amide bonds. The fraction of sp³-hybridized carbons (Fsp3) is 0.385. The number of nitrogens with one attached hydrogen (secondary N) is 1. The van der Waals surface area contributed by atoms with Gasteiger partial charge in [0.25, 0.3) is 5.91 Å². The quantitative estimate of drug-likeness (QED) is 0.597. The molecule has 2 heterocycles. The maximum Gasteiger partial charge on any atom is 0.410 e. The Hall–Kier alpha value is -3.17. The summed E-state index contributed by atoms with van der Waals surface area (Å²) < 4.78 is 5.47. The van der Waals surface area contributed by atoms with Crippen LogP contribution in [0.5, 0.6) is 0 Å². The van der Waals surface area contributed by atoms with Crippen LogP contribution in [0.2, 0.25) is 5.02 Å². The van der Waals surface area contributed by atoms with Crippen LogP contribution in [-0.4, -0.2) is 77.6 Å². The number of piperazine rings is 1. The molecule has 2 aromatic rings. The van der Waals surface area contributed by atoms with E-state index in [1.807, 2.05) is 68.1 Å². The largest absolute Gasteiger partial charge is 0.444 e. The van der Waals surface area contributed by atoms with E-state index in [0.717, 1.165) is 11.1 Å². The molecule has 2 aliphatic rings. The minimum atomic E-state index is -0.923. The number of fused-ring (bicyclic) bond motifs is 1. The van der Waals surface area contributed by atoms with Gasteiger partial charge >= 0.3 is 6.09 Å². The molecule has 1 unspecified atom stereocenters. The van der Waals surface area contributed by atoms with Crippen molar-refractivity contribution in [2.24, 2.45) is 4.99 Å². The van der Waals surface area contributed by atoms with E-state index < -0.39 is 11.8 Å². The summed E-state index contributed by atoms with van der Waals surface area (Å²) >= 11 is 12.0. The zero-order valence-electron chi connectivity index (χ0n) is 20.8. The Labute approximate surface area is 221 Å². The highest BCUT2D eigenvalue weighted by atomic mass is 35.5. The molecule has 190 valence electrons. The lowest BCUT2D eigenvalue weighted by atomic mass is 10.0. The Morgan fingerprint density at radius 1 is 1.08 bits per heavy atom. The van der Waals surface area contributed by atoms with Crippen molar-refractivity contribution in [1.82, 2.24) is 15.1 Å². The van der Waals surface area contributed by atoms with Gasteiger partial charge in [0.1, 0.15) is 5.60 Å². The Kier molecular flexibility index (Phi) is 7.51. The maximum atomic E-state index is 13.4. The summed E-state index contributed by atoms with van der Waals surface area (Å²) in [5.74, 6) is -0.237. The lowest BCUT2D eigenvalue weighted by Gasteiger charge is -2.37. The smallest absolute Gasteiger partial charge is 0.410 e. The molecule has 36 heavy (non-hydrogen) atoms. The fourth-order valence-electron chi connectivity index (χ4n) is 4.09. The van der Waals surface area contributed by atoms with Gasteiger partial charge in [0.2, 0.25) is 6.17 Å². The Bertz CT molecular complexity index is 1190. The Morgan fingerprint density at radius 2 is 1.72 bits per heavy atom. The van der Waals surface area contributed by atoms with Crippen molar-refractivity contribution in [3.05, 3.63) is 64.7 Å². The van der Waals surface area contributed by atoms with Crippen LogP contribution in [0.1, 0.15) is 31.9 Å². The van der Waals surface area contributed by atoms with E-state index >= 15 is 0 Å². The third kappa shape index (κ3) is 5.79. The summed E-state index contributed by atoms with van der Waals surface area (Å²) in [6.07, 6.45) is -1.26. The molecule has 0 aliphatic carbocycles. The summed E-state index contributed by atoms with van der Waals surface area (Å²) in [6.45, 7) is 7.52. The van der Waals surface area contributed by atoms with Crippen LogP contribution >= 0.6 is 23.8 Å². The second kappa shape index (κ2) is 10.4. The van der Waals surface area contributed by atoms with Gasteiger partial charge in [-0.1, -0.05) is 41.9 Å². The first kappa shape index (κ1) is 25.9. The van der Waals surface area contributed by atoms with Gasteiger partial charge in [-0.3, -0.25) is 4.79 Å². The number of hydrogen-bond acceptors (Lipinski definition) is 5. The van der Waals surface area contributed by atoms with Crippen LogP contribution in [0.25, 0.3) is 0 Å². The molecule has 0 spiro atoms. The van der Waals surface area contributed by atoms with Gasteiger partial charge in [-0.25, -0.2) is 9.79 Å². The molecule has 4 rings (SSSR count). The van der Waals surface area contributed by atoms with Gasteiger partial charge in [-0.2, -0.15) is 0 Å². The molecular formula is C26H30ClN5O3S. The first-order valence-corrected chi connectivity index (χ1v) is 12.6. The van der Waals surface area contributed by atoms with E-state index in [0.29, 0.717) is 47.7 Å². The predicted molar refractivity (Wildman–Crippen MR) is 146 cm³/mol. The van der Waals surface area contributed by atoms with Crippen molar-refractivity contribution in [2.45, 2.75) is 32.5 Å². The maximum absolute atomic E-state index is 13.4. The molecule has 1 N–H and O–H groups in total. The van der Waals surface area contributed by atoms with Crippen molar-refractivity contribution in [3.63, 3.8) is 0 Å². The number of hydrogen-bond donors (Lipinski definition) is 1. The summed E-state index contributed by atoms with van der Waals surface area (Å²) in [6, 6.07) is 15.1. The van der Waals surface area contributed by atoms with Crippen molar-refractivity contribution in [2.75, 3.05) is 38.1 Å². The number of ether oxygens (including phenoxy) is 1. The van der Waals surface area contributed by atoms with Gasteiger partial charge in [-0.05, 0) is 51.2 Å². The van der Waals surface area contributed by atoms with Crippen molar-refractivity contribution >= 4 is 52.3 Å². The lowest BCUT2D eigenvalue weighted by Crippen LogP contribution is -2.56. The van der Waals surface area contributed by atoms with Crippen molar-refractivity contribution in [1.29, 1.82) is 0 Å². The van der Waals surface area contributed by atoms with Crippen molar-refractivity contribution < 1.29 is 14.3 Å². The lowest BCUT2D eigenvalue weighted by molar-refractivity contribution is -0.119. The number of aliphatic imine (C=N–C) groups is 1. The first-order valence-electron chi connectivity index (χ1n) is 11.8. The van der Waals surface area contributed by atoms with Gasteiger partial charge < -0.3 is 24.8 Å². The highest BCUT2D eigenvalue weighted by Crippen LogP contribution is 2.30. The van der Waals surface area contributed by atoms with Crippen LogP contribution in [0.15, 0.2) is 53.5 Å². The topological polar surface area (TPSA) is 77.5 Å². The monoisotopic (exact) mass is 527 g/mol. The number of thiocarbonyl (C=S) groups is 1. The van der Waals surface area contributed by atoms with Gasteiger partial charge in [0.15, 0.2) is 5.11 Å². The molecule has 10 heteroatoms. The van der Waals surface area contributed by atoms with E-state index in [4.69, 9.17) is 33.5 Å². The van der Waals surface area contributed by atoms with Crippen LogP contribution in [0, 0.1) is 0 Å². The summed E-state index contributed by atoms with van der Waals surface area (Å²) in [7, 11) is 1.72. The number of nitrogens with zero attached hydrogens (tertiary/aromatic N) is 4. The SMILES string of the molecule is CN1C(=O)C(NC(=S)N2CCN(C(=O)OC(C)(C)C)CC2)N=C(c2ccccc2)c2cc(Cl)ccc21. The highest BCUT2D eigenvalue weighted by molar-refractivity contribution is 7.80. The van der Waals surface area contributed by atoms with Crippen LogP contribution in [-0.2, 0) is 9.53 Å². The van der Waals surface area contributed by atoms with Crippen molar-refractivity contribution in [3.8, 4) is 0 Å². The third-order valence-electron chi connectivity index (χ3n) is 5.92. The average Bonchev–Trinajstić information content (AvgIpc) is 2.94. The standard InChI is InChI=1S/C26H30ClN5O3S/c1-26(2,3)35-25(34)32-14-12-31(13-15-32)24(36)29-22-23(33)30(4)20-11-10-18(27)16-19(20)21(28-22)17-8-6-5-7-9-17/h5-11,16,22H,12-15H2,1-4H3,(H,29,36). The molecule has 0 aromatic heterocycles. The highest BCUT2D eigenvalue weighted by Gasteiger charge is 2.32. The summed E-state index contributed by atoms with van der Waals surface area (Å²) in [5, 5.41) is 4.12. The van der Waals surface area contributed by atoms with Gasteiger partial charge in [0, 0.05) is 49.4 Å². The molecule has 0 bridgehead atoms. The Balaban J connectivity index is 1.54. The molecular weight excluding hydrogens is 498 g/mol. The summed E-state index contributed by atoms with van der Waals surface area (Å²) in [4.78, 5) is 35.8. The number of rotatable bonds is 2. The first-order chi connectivity index (χ1) is 17.0. The summed E-state index contributed by atoms with van der Waals surface area (Å²) in [5.41, 5.74) is 2.46. The number of benzene rings is 2. The molecule has 2 aromatic carbocycles. The molecule has 1 fully saturated rings. The van der Waals surface area contributed by atoms with E-state index in [-0.39, 0.29) is 12.0 Å². The molecule has 8 nitrogen and oxygen atoms in total. The van der Waals surface area contributed by atoms with E-state index in [9.17, 15) is 9.59 Å². The molecule has 0 radical (unpaired) electrons. The minimum Gasteiger partial charge on any atom is -0.444 e. The number of carbonyl (C=O) groups is 2. The van der Waals surface area contributed by atoms with Crippen LogP contribution in [0.3, 0.4) is 0 Å². The number of halogens is 1. The molecule has 1 atom stereocenters. The Morgan fingerprint density at radius 3 is 2.36 bits per heavy atom. The third-order valence-corrected chi connectivity index (χ3v) is 6.53. The van der Waals surface area contributed by atoms with Crippen LogP contribution < -0.4 is 10.2 Å². The molecule has 0 saturated carbocycles. The number of carbonyl (C=O) groups excluding carboxylic acids is 2. The second-order valence-corrected chi connectivity index (χ2v) is 10.5. The normalized spacial score (nSPS) is 18.2. The fourth-order valence-corrected chi connectivity index (χ4v) is 4.56. The number of benzodiazepines with no additional fused rings is 1. The van der Waals surface area contributed by atoms with E-state index in [1.165, 1.54) is 0 Å². The predicted octanol–water partition coefficient (Wildman–Crippen LogP) is 3.91. The number of amides is 2. The van der Waals surface area contributed by atoms with Crippen LogP contribution in [0.4, 0.5) is 10.5 Å². The number of likely N-dealkylation sites (N-methyl/N-ethyl adjacent to an activating group) is 1. The van der Waals surface area contributed by atoms with E-state index in [2.05, 4.69) is 5.32 Å². The minimum absolute atomic E-state index is 0.237. The van der Waals surface area contributed by atoms with E-state index in [1.54, 1.807) is 22.9 Å². The average molecular weight is 528 g/mol. The molecule has 1 saturated heterocycles. The second-order valence-electron chi connectivity index (χ2n) is 9.71. The zero-order chi connectivity index (χ0) is 26.0. The van der Waals surface area contributed by atoms with Gasteiger partial charge in [-0.15, -0.1) is 0 Å². The van der Waals surface area contributed by atoms with Gasteiger partial charge in [0.05, 0.1) is 11.4 Å². The molecule has 2 aliphatic heterocycles. The number of anilines is 1. The zero-order valence-corrected chi connectivity index (χ0v) is 22.4.